The highest BCUT2D eigenvalue weighted by atomic mass is 19.2. The van der Waals surface area contributed by atoms with E-state index in [4.69, 9.17) is 0 Å². The number of hydrogen-bond donors (Lipinski definition) is 0. The van der Waals surface area contributed by atoms with Crippen LogP contribution in [0.1, 0.15) is 29.8 Å². The van der Waals surface area contributed by atoms with Gasteiger partial charge in [0.05, 0.1) is 17.8 Å². The van der Waals surface area contributed by atoms with Gasteiger partial charge in [0, 0.05) is 55.3 Å². The molecule has 14 heteroatoms. The molecule has 8 nitrogen and oxygen atoms in total. The minimum atomic E-state index is -1.67. The molecule has 0 saturated carbocycles. The van der Waals surface area contributed by atoms with Gasteiger partial charge in [0.1, 0.15) is 17.0 Å². The number of carbonyl (C=O) groups excluding carboxylic acids is 3. The Kier molecular flexibility index (Phi) is 6.78. The summed E-state index contributed by atoms with van der Waals surface area (Å²) in [5.41, 5.74) is -2.24. The van der Waals surface area contributed by atoms with Gasteiger partial charge in [-0.05, 0) is 31.0 Å². The number of pyridine rings is 1. The standard InChI is InChI=1S/C29H19F6N5O3/c30-16-8-20(33)27(21(34)9-16)39-25(42)13-24(41)29(39)3-6-38(7-4-29)28(43)22-12-23(15-2-1-5-36-14-15)40(37-22)17-10-18(31)26(35)19(32)11-17/h1-2,5,8-12,14H,3-4,6-7,13H2. The third-order valence-corrected chi connectivity index (χ3v) is 7.69. The van der Waals surface area contributed by atoms with Crippen LogP contribution in [-0.2, 0) is 9.59 Å². The highest BCUT2D eigenvalue weighted by molar-refractivity contribution is 6.19. The summed E-state index contributed by atoms with van der Waals surface area (Å²) in [5, 5.41) is 4.23. The van der Waals surface area contributed by atoms with Gasteiger partial charge in [-0.3, -0.25) is 24.3 Å². The Hall–Kier alpha value is -5.01. The maximum Gasteiger partial charge on any atom is 0.274 e. The predicted octanol–water partition coefficient (Wildman–Crippen LogP) is 4.75. The lowest BCUT2D eigenvalue weighted by Gasteiger charge is -2.43. The smallest absolute Gasteiger partial charge is 0.274 e. The van der Waals surface area contributed by atoms with E-state index in [1.54, 1.807) is 12.1 Å². The van der Waals surface area contributed by atoms with Crippen LogP contribution < -0.4 is 4.90 Å². The Morgan fingerprint density at radius 3 is 2.12 bits per heavy atom. The first-order chi connectivity index (χ1) is 20.5. The molecule has 4 heterocycles. The molecule has 2 amide bonds. The molecule has 2 aromatic heterocycles. The Labute approximate surface area is 239 Å². The van der Waals surface area contributed by atoms with Crippen LogP contribution in [0.15, 0.2) is 54.9 Å². The van der Waals surface area contributed by atoms with Gasteiger partial charge in [0.25, 0.3) is 5.91 Å². The Balaban J connectivity index is 1.32. The number of ketones is 1. The summed E-state index contributed by atoms with van der Waals surface area (Å²) < 4.78 is 85.8. The number of rotatable bonds is 4. The topological polar surface area (TPSA) is 88.4 Å². The van der Waals surface area contributed by atoms with Crippen LogP contribution >= 0.6 is 0 Å². The number of nitrogens with zero attached hydrogens (tertiary/aromatic N) is 5. The summed E-state index contributed by atoms with van der Waals surface area (Å²) >= 11 is 0. The van der Waals surface area contributed by atoms with Gasteiger partial charge in [-0.2, -0.15) is 5.10 Å². The number of benzene rings is 2. The zero-order chi connectivity index (χ0) is 30.6. The fourth-order valence-electron chi connectivity index (χ4n) is 5.64. The molecule has 2 saturated heterocycles. The van der Waals surface area contributed by atoms with E-state index in [2.05, 4.69) is 10.1 Å². The molecule has 4 aromatic rings. The lowest BCUT2D eigenvalue weighted by atomic mass is 9.83. The predicted molar refractivity (Wildman–Crippen MR) is 138 cm³/mol. The van der Waals surface area contributed by atoms with Crippen LogP contribution in [0.5, 0.6) is 0 Å². The summed E-state index contributed by atoms with van der Waals surface area (Å²) in [7, 11) is 0. The number of Topliss-reactive ketones (excluding diaryl/α,β-unsaturated/α-hetero) is 1. The van der Waals surface area contributed by atoms with Crippen LogP contribution in [0.3, 0.4) is 0 Å². The molecule has 0 atom stereocenters. The maximum absolute atomic E-state index is 14.7. The van der Waals surface area contributed by atoms with Crippen molar-refractivity contribution in [1.82, 2.24) is 19.7 Å². The van der Waals surface area contributed by atoms with Gasteiger partial charge >= 0.3 is 0 Å². The second-order valence-corrected chi connectivity index (χ2v) is 10.2. The number of carbonyl (C=O) groups is 3. The summed E-state index contributed by atoms with van der Waals surface area (Å²) in [5.74, 6) is -10.6. The summed E-state index contributed by atoms with van der Waals surface area (Å²) in [4.78, 5) is 45.4. The van der Waals surface area contributed by atoms with Crippen molar-refractivity contribution in [2.24, 2.45) is 0 Å². The van der Waals surface area contributed by atoms with Crippen molar-refractivity contribution in [3.05, 3.63) is 95.5 Å². The van der Waals surface area contributed by atoms with E-state index in [1.807, 2.05) is 0 Å². The lowest BCUT2D eigenvalue weighted by molar-refractivity contribution is -0.124. The van der Waals surface area contributed by atoms with Crippen LogP contribution in [0.25, 0.3) is 16.9 Å². The molecule has 220 valence electrons. The molecule has 0 unspecified atom stereocenters. The summed E-state index contributed by atoms with van der Waals surface area (Å²) in [6, 6.07) is 6.81. The van der Waals surface area contributed by atoms with Crippen molar-refractivity contribution in [2.75, 3.05) is 18.0 Å². The van der Waals surface area contributed by atoms with Gasteiger partial charge in [-0.1, -0.05) is 0 Å². The number of piperidine rings is 1. The molecule has 0 aliphatic carbocycles. The molecule has 43 heavy (non-hydrogen) atoms. The first kappa shape index (κ1) is 28.1. The molecular formula is C29H19F6N5O3. The van der Waals surface area contributed by atoms with Gasteiger partial charge in [0.15, 0.2) is 40.6 Å². The SMILES string of the molecule is O=C(c1cc(-c2cccnc2)n(-c2cc(F)c(F)c(F)c2)n1)N1CCC2(CC1)C(=O)CC(=O)N2c1c(F)cc(F)cc1F. The van der Waals surface area contributed by atoms with Crippen molar-refractivity contribution >= 4 is 23.3 Å². The van der Waals surface area contributed by atoms with Gasteiger partial charge < -0.3 is 4.90 Å². The zero-order valence-electron chi connectivity index (χ0n) is 22.0. The van der Waals surface area contributed by atoms with E-state index < -0.39 is 70.1 Å². The number of aromatic nitrogens is 3. The van der Waals surface area contributed by atoms with Crippen LogP contribution in [0.2, 0.25) is 0 Å². The molecule has 2 aliphatic heterocycles. The van der Waals surface area contributed by atoms with Crippen LogP contribution in [0, 0.1) is 34.9 Å². The maximum atomic E-state index is 14.7. The van der Waals surface area contributed by atoms with Crippen molar-refractivity contribution < 1.29 is 40.7 Å². The summed E-state index contributed by atoms with van der Waals surface area (Å²) in [6.45, 7) is -0.263. The monoisotopic (exact) mass is 599 g/mol. The summed E-state index contributed by atoms with van der Waals surface area (Å²) in [6.07, 6.45) is 1.94. The van der Waals surface area contributed by atoms with E-state index >= 15 is 0 Å². The van der Waals surface area contributed by atoms with E-state index in [1.165, 1.54) is 23.4 Å². The average Bonchev–Trinajstić information content (AvgIpc) is 3.52. The molecule has 6 rings (SSSR count). The molecular weight excluding hydrogens is 580 g/mol. The minimum Gasteiger partial charge on any atom is -0.337 e. The third kappa shape index (κ3) is 4.62. The van der Waals surface area contributed by atoms with Gasteiger partial charge in [-0.25, -0.2) is 31.0 Å². The van der Waals surface area contributed by atoms with E-state index in [9.17, 15) is 40.7 Å². The van der Waals surface area contributed by atoms with Crippen molar-refractivity contribution in [1.29, 1.82) is 0 Å². The van der Waals surface area contributed by atoms with Crippen LogP contribution in [0.4, 0.5) is 32.0 Å². The van der Waals surface area contributed by atoms with Crippen molar-refractivity contribution in [3.63, 3.8) is 0 Å². The third-order valence-electron chi connectivity index (χ3n) is 7.69. The minimum absolute atomic E-state index is 0.131. The molecule has 0 radical (unpaired) electrons. The Morgan fingerprint density at radius 2 is 1.51 bits per heavy atom. The average molecular weight is 599 g/mol. The second kappa shape index (κ2) is 10.4. The highest BCUT2D eigenvalue weighted by Crippen LogP contribution is 2.42. The normalized spacial score (nSPS) is 16.4. The number of anilines is 1. The van der Waals surface area contributed by atoms with Crippen LogP contribution in [-0.4, -0.2) is 55.9 Å². The molecule has 0 N–H and O–H groups in total. The first-order valence-corrected chi connectivity index (χ1v) is 13.0. The lowest BCUT2D eigenvalue weighted by Crippen LogP contribution is -2.58. The van der Waals surface area contributed by atoms with Crippen molar-refractivity contribution in [2.45, 2.75) is 24.8 Å². The number of halogens is 6. The Bertz CT molecular complexity index is 1760. The molecule has 2 aliphatic rings. The van der Waals surface area contributed by atoms with Gasteiger partial charge in [0.2, 0.25) is 5.91 Å². The fourth-order valence-corrected chi connectivity index (χ4v) is 5.64. The molecule has 1 spiro atoms. The number of hydrogen-bond acceptors (Lipinski definition) is 5. The molecule has 2 fully saturated rings. The van der Waals surface area contributed by atoms with E-state index in [-0.39, 0.29) is 43.0 Å². The zero-order valence-corrected chi connectivity index (χ0v) is 22.0. The first-order valence-electron chi connectivity index (χ1n) is 13.0. The van der Waals surface area contributed by atoms with E-state index in [0.29, 0.717) is 17.7 Å². The van der Waals surface area contributed by atoms with Crippen molar-refractivity contribution in [3.8, 4) is 16.9 Å². The molecule has 0 bridgehead atoms. The second-order valence-electron chi connectivity index (χ2n) is 10.2. The van der Waals surface area contributed by atoms with E-state index in [0.717, 1.165) is 21.7 Å². The Morgan fingerprint density at radius 1 is 0.860 bits per heavy atom. The fraction of sp³-hybridized carbons (Fsp3) is 0.207. The quantitative estimate of drug-likeness (QED) is 0.192. The largest absolute Gasteiger partial charge is 0.337 e. The number of amides is 2. The highest BCUT2D eigenvalue weighted by Gasteiger charge is 2.56. The van der Waals surface area contributed by atoms with Gasteiger partial charge in [-0.15, -0.1) is 0 Å². The number of likely N-dealkylation sites (tertiary alicyclic amines) is 1. The molecule has 2 aromatic carbocycles.